The van der Waals surface area contributed by atoms with E-state index in [1.165, 1.54) is 0 Å². The first-order chi connectivity index (χ1) is 6.52. The third-order valence-corrected chi connectivity index (χ3v) is 3.11. The van der Waals surface area contributed by atoms with E-state index in [-0.39, 0.29) is 0 Å². The molecule has 14 heavy (non-hydrogen) atoms. The van der Waals surface area contributed by atoms with Crippen molar-refractivity contribution < 1.29 is 19.8 Å². The molecule has 1 atom stereocenters. The first-order valence-corrected chi connectivity index (χ1v) is 4.95. The van der Waals surface area contributed by atoms with E-state index in [1.54, 1.807) is 11.4 Å². The highest BCUT2D eigenvalue weighted by atomic mass is 35.5. The summed E-state index contributed by atoms with van der Waals surface area (Å²) in [6, 6.07) is 1.55. The molecule has 0 saturated heterocycles. The van der Waals surface area contributed by atoms with Gasteiger partial charge >= 0.3 is 11.9 Å². The van der Waals surface area contributed by atoms with Gasteiger partial charge in [0.25, 0.3) is 0 Å². The molecule has 4 nitrogen and oxygen atoms in total. The van der Waals surface area contributed by atoms with Crippen molar-refractivity contribution in [2.24, 2.45) is 0 Å². The number of aliphatic carboxylic acids is 2. The van der Waals surface area contributed by atoms with Gasteiger partial charge in [0.05, 0.1) is 11.4 Å². The van der Waals surface area contributed by atoms with Gasteiger partial charge in [-0.25, -0.2) is 0 Å². The lowest BCUT2D eigenvalue weighted by Gasteiger charge is -2.07. The van der Waals surface area contributed by atoms with Gasteiger partial charge in [0.2, 0.25) is 0 Å². The van der Waals surface area contributed by atoms with Crippen LogP contribution >= 0.6 is 22.9 Å². The van der Waals surface area contributed by atoms with E-state index < -0.39 is 24.3 Å². The summed E-state index contributed by atoms with van der Waals surface area (Å²) >= 11 is 6.87. The summed E-state index contributed by atoms with van der Waals surface area (Å²) in [7, 11) is 0. The van der Waals surface area contributed by atoms with Gasteiger partial charge in [0.15, 0.2) is 0 Å². The zero-order valence-electron chi connectivity index (χ0n) is 6.94. The highest BCUT2D eigenvalue weighted by Gasteiger charge is 2.26. The molecule has 0 bridgehead atoms. The van der Waals surface area contributed by atoms with Crippen molar-refractivity contribution in [2.75, 3.05) is 0 Å². The molecule has 1 heterocycles. The van der Waals surface area contributed by atoms with Gasteiger partial charge in [-0.05, 0) is 11.4 Å². The smallest absolute Gasteiger partial charge is 0.312 e. The van der Waals surface area contributed by atoms with Crippen LogP contribution in [0, 0.1) is 0 Å². The van der Waals surface area contributed by atoms with Crippen LogP contribution in [0.4, 0.5) is 0 Å². The van der Waals surface area contributed by atoms with Gasteiger partial charge in [-0.1, -0.05) is 11.6 Å². The summed E-state index contributed by atoms with van der Waals surface area (Å²) in [5, 5.41) is 19.3. The van der Waals surface area contributed by atoms with Crippen LogP contribution in [0.2, 0.25) is 5.02 Å². The summed E-state index contributed by atoms with van der Waals surface area (Å²) in [6.45, 7) is 0. The fourth-order valence-electron chi connectivity index (χ4n) is 1.02. The van der Waals surface area contributed by atoms with Gasteiger partial charge in [-0.15, -0.1) is 11.3 Å². The average molecular weight is 235 g/mol. The number of carbonyl (C=O) groups is 2. The number of carboxylic acid groups (broad SMARTS) is 2. The number of thiophene rings is 1. The Morgan fingerprint density at radius 3 is 2.50 bits per heavy atom. The summed E-state index contributed by atoms with van der Waals surface area (Å²) in [5.74, 6) is -3.38. The number of hydrogen-bond acceptors (Lipinski definition) is 3. The molecule has 0 aliphatic heterocycles. The quantitative estimate of drug-likeness (QED) is 0.836. The van der Waals surface area contributed by atoms with Crippen LogP contribution in [0.15, 0.2) is 11.4 Å². The molecule has 6 heteroatoms. The minimum absolute atomic E-state index is 0.309. The van der Waals surface area contributed by atoms with Crippen LogP contribution in [0.1, 0.15) is 17.2 Å². The first-order valence-electron chi connectivity index (χ1n) is 3.70. The van der Waals surface area contributed by atoms with Crippen molar-refractivity contribution in [3.63, 3.8) is 0 Å². The van der Waals surface area contributed by atoms with Crippen LogP contribution < -0.4 is 0 Å². The Morgan fingerprint density at radius 2 is 2.14 bits per heavy atom. The maximum atomic E-state index is 10.8. The van der Waals surface area contributed by atoms with Gasteiger partial charge in [-0.3, -0.25) is 9.59 Å². The van der Waals surface area contributed by atoms with Crippen molar-refractivity contribution >= 4 is 34.9 Å². The molecule has 76 valence electrons. The molecule has 0 aliphatic rings. The zero-order chi connectivity index (χ0) is 10.7. The van der Waals surface area contributed by atoms with Crippen molar-refractivity contribution in [3.8, 4) is 0 Å². The molecule has 0 saturated carbocycles. The van der Waals surface area contributed by atoms with Gasteiger partial charge in [-0.2, -0.15) is 0 Å². The Bertz CT molecular complexity index is 360. The maximum Gasteiger partial charge on any atom is 0.312 e. The van der Waals surface area contributed by atoms with Gasteiger partial charge in [0, 0.05) is 4.88 Å². The largest absolute Gasteiger partial charge is 0.481 e. The summed E-state index contributed by atoms with van der Waals surface area (Å²) in [4.78, 5) is 21.6. The van der Waals surface area contributed by atoms with Crippen LogP contribution in [0.5, 0.6) is 0 Å². The molecule has 1 rings (SSSR count). The Hall–Kier alpha value is -1.07. The van der Waals surface area contributed by atoms with E-state index >= 15 is 0 Å². The third-order valence-electron chi connectivity index (χ3n) is 1.64. The molecular weight excluding hydrogens is 228 g/mol. The van der Waals surface area contributed by atoms with Crippen molar-refractivity contribution in [1.82, 2.24) is 0 Å². The molecule has 1 aromatic rings. The Morgan fingerprint density at radius 1 is 1.50 bits per heavy atom. The van der Waals surface area contributed by atoms with E-state index in [0.717, 1.165) is 11.3 Å². The molecule has 2 N–H and O–H groups in total. The standard InChI is InChI=1S/C8H7ClO4S/c9-5-1-2-14-7(5)4(8(12)13)3-6(10)11/h1-2,4H,3H2,(H,10,11)(H,12,13). The number of carboxylic acids is 2. The normalized spacial score (nSPS) is 12.4. The second-order valence-corrected chi connectivity index (χ2v) is 3.98. The highest BCUT2D eigenvalue weighted by molar-refractivity contribution is 7.10. The molecular formula is C8H7ClO4S. The highest BCUT2D eigenvalue weighted by Crippen LogP contribution is 2.32. The number of hydrogen-bond donors (Lipinski definition) is 2. The molecule has 0 amide bonds. The molecule has 0 radical (unpaired) electrons. The van der Waals surface area contributed by atoms with E-state index in [2.05, 4.69) is 0 Å². The second-order valence-electron chi connectivity index (χ2n) is 2.62. The van der Waals surface area contributed by atoms with Crippen molar-refractivity contribution in [1.29, 1.82) is 0 Å². The van der Waals surface area contributed by atoms with E-state index in [0.29, 0.717) is 9.90 Å². The SMILES string of the molecule is O=C(O)CC(C(=O)O)c1sccc1Cl. The summed E-state index contributed by atoms with van der Waals surface area (Å²) in [5.41, 5.74) is 0. The lowest BCUT2D eigenvalue weighted by atomic mass is 10.0. The van der Waals surface area contributed by atoms with Crippen LogP contribution in [-0.4, -0.2) is 22.2 Å². The fourth-order valence-corrected chi connectivity index (χ4v) is 2.30. The van der Waals surface area contributed by atoms with Gasteiger partial charge < -0.3 is 10.2 Å². The number of halogens is 1. The van der Waals surface area contributed by atoms with Crippen LogP contribution in [0.25, 0.3) is 0 Å². The van der Waals surface area contributed by atoms with Crippen LogP contribution in [-0.2, 0) is 9.59 Å². The Balaban J connectivity index is 2.94. The predicted molar refractivity (Wildman–Crippen MR) is 52.0 cm³/mol. The van der Waals surface area contributed by atoms with E-state index in [4.69, 9.17) is 21.8 Å². The fraction of sp³-hybridized carbons (Fsp3) is 0.250. The maximum absolute atomic E-state index is 10.8. The Kier molecular flexibility index (Phi) is 3.49. The minimum Gasteiger partial charge on any atom is -0.481 e. The molecule has 0 fully saturated rings. The molecule has 0 spiro atoms. The lowest BCUT2D eigenvalue weighted by molar-refractivity contribution is -0.145. The first kappa shape index (κ1) is 11.0. The summed E-state index contributed by atoms with van der Waals surface area (Å²) in [6.07, 6.45) is -0.449. The lowest BCUT2D eigenvalue weighted by Crippen LogP contribution is -2.14. The van der Waals surface area contributed by atoms with Crippen LogP contribution in [0.3, 0.4) is 0 Å². The van der Waals surface area contributed by atoms with E-state index in [9.17, 15) is 9.59 Å². The van der Waals surface area contributed by atoms with Gasteiger partial charge in [0.1, 0.15) is 5.92 Å². The predicted octanol–water partition coefficient (Wildman–Crippen LogP) is 2.04. The van der Waals surface area contributed by atoms with E-state index in [1.807, 2.05) is 0 Å². The van der Waals surface area contributed by atoms with Crippen molar-refractivity contribution in [3.05, 3.63) is 21.3 Å². The monoisotopic (exact) mass is 234 g/mol. The topological polar surface area (TPSA) is 74.6 Å². The zero-order valence-corrected chi connectivity index (χ0v) is 8.51. The summed E-state index contributed by atoms with van der Waals surface area (Å²) < 4.78 is 0. The van der Waals surface area contributed by atoms with Crippen molar-refractivity contribution in [2.45, 2.75) is 12.3 Å². The molecule has 0 aromatic carbocycles. The second kappa shape index (κ2) is 4.43. The molecule has 1 aromatic heterocycles. The molecule has 0 aliphatic carbocycles. The third kappa shape index (κ3) is 2.46. The average Bonchev–Trinajstić information content (AvgIpc) is 2.46. The number of rotatable bonds is 4. The minimum atomic E-state index is -1.17. The molecule has 1 unspecified atom stereocenters. The Labute approximate surface area is 88.7 Å².